The van der Waals surface area contributed by atoms with Crippen molar-refractivity contribution in [2.75, 3.05) is 25.6 Å². The second kappa shape index (κ2) is 11.2. The van der Waals surface area contributed by atoms with Crippen molar-refractivity contribution in [2.24, 2.45) is 0 Å². The highest BCUT2D eigenvalue weighted by molar-refractivity contribution is 6.05. The molecule has 1 amide bonds. The van der Waals surface area contributed by atoms with E-state index < -0.39 is 0 Å². The van der Waals surface area contributed by atoms with Crippen molar-refractivity contribution in [3.8, 4) is 11.5 Å². The first-order valence-electron chi connectivity index (χ1n) is 8.21. The summed E-state index contributed by atoms with van der Waals surface area (Å²) in [6.45, 7) is 7.60. The lowest BCUT2D eigenvalue weighted by atomic mass is 10.1. The van der Waals surface area contributed by atoms with Crippen LogP contribution in [0.4, 0.5) is 5.69 Å². The van der Waals surface area contributed by atoms with Crippen LogP contribution in [0.3, 0.4) is 0 Å². The van der Waals surface area contributed by atoms with Gasteiger partial charge in [0.15, 0.2) is 11.5 Å². The molecule has 0 bridgehead atoms. The average molecular weight is 377 g/mol. The Morgan fingerprint density at radius 2 is 1.96 bits per heavy atom. The van der Waals surface area contributed by atoms with Crippen molar-refractivity contribution in [1.29, 1.82) is 0 Å². The zero-order chi connectivity index (χ0) is 18.1. The highest BCUT2D eigenvalue weighted by Crippen LogP contribution is 2.28. The molecule has 2 aromatic carbocycles. The summed E-state index contributed by atoms with van der Waals surface area (Å²) in [6, 6.07) is 12.8. The molecule has 0 radical (unpaired) electrons. The fraction of sp³-hybridized carbons (Fsp3) is 0.250. The van der Waals surface area contributed by atoms with Crippen LogP contribution < -0.4 is 20.1 Å². The molecular formula is C20H25ClN2O3. The molecule has 0 saturated carbocycles. The van der Waals surface area contributed by atoms with Crippen molar-refractivity contribution >= 4 is 24.0 Å². The van der Waals surface area contributed by atoms with E-state index in [2.05, 4.69) is 17.2 Å². The van der Waals surface area contributed by atoms with Gasteiger partial charge < -0.3 is 20.1 Å². The molecule has 0 spiro atoms. The van der Waals surface area contributed by atoms with Crippen LogP contribution in [-0.4, -0.2) is 26.2 Å². The predicted octanol–water partition coefficient (Wildman–Crippen LogP) is 4.04. The molecule has 6 heteroatoms. The van der Waals surface area contributed by atoms with Crippen LogP contribution in [0.2, 0.25) is 0 Å². The average Bonchev–Trinajstić information content (AvgIpc) is 2.65. The molecule has 2 aromatic rings. The van der Waals surface area contributed by atoms with Gasteiger partial charge in [0, 0.05) is 17.8 Å². The Morgan fingerprint density at radius 3 is 2.65 bits per heavy atom. The Morgan fingerprint density at radius 1 is 1.19 bits per heavy atom. The van der Waals surface area contributed by atoms with Gasteiger partial charge in [-0.25, -0.2) is 0 Å². The second-order valence-corrected chi connectivity index (χ2v) is 5.36. The molecular weight excluding hydrogens is 352 g/mol. The molecule has 0 aromatic heterocycles. The van der Waals surface area contributed by atoms with Crippen LogP contribution in [0.25, 0.3) is 0 Å². The van der Waals surface area contributed by atoms with Gasteiger partial charge in [-0.3, -0.25) is 4.79 Å². The van der Waals surface area contributed by atoms with Gasteiger partial charge in [0.1, 0.15) is 6.61 Å². The Balaban J connectivity index is 0.00000338. The summed E-state index contributed by atoms with van der Waals surface area (Å²) in [5, 5.41) is 6.23. The van der Waals surface area contributed by atoms with Crippen LogP contribution in [-0.2, 0) is 6.54 Å². The predicted molar refractivity (Wildman–Crippen MR) is 108 cm³/mol. The molecule has 0 heterocycles. The van der Waals surface area contributed by atoms with Crippen molar-refractivity contribution < 1.29 is 14.3 Å². The van der Waals surface area contributed by atoms with Crippen LogP contribution in [0, 0.1) is 0 Å². The number of hydrogen-bond donors (Lipinski definition) is 2. The maximum Gasteiger partial charge on any atom is 0.255 e. The first kappa shape index (κ1) is 21.5. The van der Waals surface area contributed by atoms with Crippen LogP contribution >= 0.6 is 12.4 Å². The van der Waals surface area contributed by atoms with E-state index in [1.807, 2.05) is 31.2 Å². The van der Waals surface area contributed by atoms with Gasteiger partial charge in [-0.05, 0) is 36.4 Å². The van der Waals surface area contributed by atoms with E-state index in [1.165, 1.54) is 0 Å². The summed E-state index contributed by atoms with van der Waals surface area (Å²) >= 11 is 0. The molecule has 26 heavy (non-hydrogen) atoms. The van der Waals surface area contributed by atoms with E-state index in [0.29, 0.717) is 30.2 Å². The molecule has 0 aliphatic rings. The van der Waals surface area contributed by atoms with Crippen LogP contribution in [0.5, 0.6) is 11.5 Å². The number of carbonyl (C=O) groups excluding carboxylic acids is 1. The third-order valence-electron chi connectivity index (χ3n) is 3.61. The second-order valence-electron chi connectivity index (χ2n) is 5.36. The lowest BCUT2D eigenvalue weighted by Crippen LogP contribution is -2.17. The van der Waals surface area contributed by atoms with Crippen LogP contribution in [0.1, 0.15) is 22.8 Å². The highest BCUT2D eigenvalue weighted by Gasteiger charge is 2.12. The standard InChI is InChI=1S/C20H24N2O3.ClH/c1-4-12-25-18-11-10-15(13-19(18)24-3)20(23)22-17-9-7-6-8-16(17)14-21-5-2;/h4,6-11,13,21H,1,5,12,14H2,2-3H3,(H,22,23);1H. The molecule has 0 atom stereocenters. The normalized spacial score (nSPS) is 9.77. The molecule has 140 valence electrons. The smallest absolute Gasteiger partial charge is 0.255 e. The number of rotatable bonds is 9. The number of nitrogens with one attached hydrogen (secondary N) is 2. The summed E-state index contributed by atoms with van der Waals surface area (Å²) in [6.07, 6.45) is 1.65. The Labute approximate surface area is 160 Å². The Bertz CT molecular complexity index is 735. The van der Waals surface area contributed by atoms with Gasteiger partial charge in [0.25, 0.3) is 5.91 Å². The number of carbonyl (C=O) groups is 1. The highest BCUT2D eigenvalue weighted by atomic mass is 35.5. The number of ether oxygens (including phenoxy) is 2. The van der Waals surface area contributed by atoms with Crippen molar-refractivity contribution in [3.05, 3.63) is 66.2 Å². The minimum Gasteiger partial charge on any atom is -0.493 e. The zero-order valence-corrected chi connectivity index (χ0v) is 15.9. The van der Waals surface area contributed by atoms with E-state index >= 15 is 0 Å². The lowest BCUT2D eigenvalue weighted by Gasteiger charge is -2.13. The third kappa shape index (κ3) is 5.79. The molecule has 2 N–H and O–H groups in total. The quantitative estimate of drug-likeness (QED) is 0.648. The first-order chi connectivity index (χ1) is 12.2. The van der Waals surface area contributed by atoms with Gasteiger partial charge >= 0.3 is 0 Å². The van der Waals surface area contributed by atoms with Gasteiger partial charge in [0.05, 0.1) is 7.11 Å². The van der Waals surface area contributed by atoms with E-state index in [1.54, 1.807) is 31.4 Å². The van der Waals surface area contributed by atoms with Crippen LogP contribution in [0.15, 0.2) is 55.1 Å². The molecule has 0 unspecified atom stereocenters. The number of halogens is 1. The molecule has 0 aliphatic heterocycles. The minimum absolute atomic E-state index is 0. The minimum atomic E-state index is -0.197. The zero-order valence-electron chi connectivity index (χ0n) is 15.1. The monoisotopic (exact) mass is 376 g/mol. The van der Waals surface area contributed by atoms with Gasteiger partial charge in [0.2, 0.25) is 0 Å². The fourth-order valence-electron chi connectivity index (χ4n) is 2.33. The Kier molecular flexibility index (Phi) is 9.26. The molecule has 0 fully saturated rings. The number of methoxy groups -OCH3 is 1. The van der Waals surface area contributed by atoms with Gasteiger partial charge in [-0.15, -0.1) is 12.4 Å². The number of para-hydroxylation sites is 1. The molecule has 5 nitrogen and oxygen atoms in total. The first-order valence-corrected chi connectivity index (χ1v) is 8.21. The van der Waals surface area contributed by atoms with Gasteiger partial charge in [-0.2, -0.15) is 0 Å². The lowest BCUT2D eigenvalue weighted by molar-refractivity contribution is 0.102. The van der Waals surface area contributed by atoms with Crippen molar-refractivity contribution in [3.63, 3.8) is 0 Å². The van der Waals surface area contributed by atoms with E-state index in [4.69, 9.17) is 9.47 Å². The largest absolute Gasteiger partial charge is 0.493 e. The summed E-state index contributed by atoms with van der Waals surface area (Å²) < 4.78 is 10.8. The van der Waals surface area contributed by atoms with E-state index in [-0.39, 0.29) is 18.3 Å². The van der Waals surface area contributed by atoms with Crippen molar-refractivity contribution in [1.82, 2.24) is 5.32 Å². The summed E-state index contributed by atoms with van der Waals surface area (Å²) in [5.41, 5.74) is 2.33. The SMILES string of the molecule is C=CCOc1ccc(C(=O)Nc2ccccc2CNCC)cc1OC.Cl. The number of hydrogen-bond acceptors (Lipinski definition) is 4. The maximum absolute atomic E-state index is 12.6. The van der Waals surface area contributed by atoms with Gasteiger partial charge in [-0.1, -0.05) is 37.8 Å². The maximum atomic E-state index is 12.6. The molecule has 0 saturated heterocycles. The molecule has 2 rings (SSSR count). The summed E-state index contributed by atoms with van der Waals surface area (Å²) in [4.78, 5) is 12.6. The Hall–Kier alpha value is -2.50. The number of anilines is 1. The summed E-state index contributed by atoms with van der Waals surface area (Å²) in [7, 11) is 1.55. The van der Waals surface area contributed by atoms with E-state index in [0.717, 1.165) is 17.8 Å². The number of benzene rings is 2. The topological polar surface area (TPSA) is 59.6 Å². The number of amides is 1. The molecule has 0 aliphatic carbocycles. The fourth-order valence-corrected chi connectivity index (χ4v) is 2.33. The third-order valence-corrected chi connectivity index (χ3v) is 3.61. The van der Waals surface area contributed by atoms with Crippen molar-refractivity contribution in [2.45, 2.75) is 13.5 Å². The van der Waals surface area contributed by atoms with E-state index in [9.17, 15) is 4.79 Å². The summed E-state index contributed by atoms with van der Waals surface area (Å²) in [5.74, 6) is 0.888.